The third-order valence-corrected chi connectivity index (χ3v) is 7.07. The minimum atomic E-state index is -0.330. The van der Waals surface area contributed by atoms with Crippen LogP contribution in [-0.2, 0) is 6.54 Å². The molecule has 4 aromatic rings. The van der Waals surface area contributed by atoms with Gasteiger partial charge in [-0.1, -0.05) is 29.0 Å². The first-order valence-corrected chi connectivity index (χ1v) is 12.3. The van der Waals surface area contributed by atoms with Crippen LogP contribution in [0.5, 0.6) is 0 Å². The topological polar surface area (TPSA) is 82.8 Å². The number of carbonyl (C=O) groups excluding carboxylic acids is 1. The summed E-state index contributed by atoms with van der Waals surface area (Å²) in [4.78, 5) is 34.3. The molecule has 35 heavy (non-hydrogen) atoms. The molecular weight excluding hydrogens is 491 g/mol. The Labute approximate surface area is 209 Å². The molecule has 8 nitrogen and oxygen atoms in total. The molecule has 3 heterocycles. The second kappa shape index (κ2) is 9.73. The third-order valence-electron chi connectivity index (χ3n) is 5.80. The Morgan fingerprint density at radius 1 is 1.11 bits per heavy atom. The van der Waals surface area contributed by atoms with Crippen molar-refractivity contribution in [2.45, 2.75) is 13.5 Å². The van der Waals surface area contributed by atoms with Crippen molar-refractivity contribution >= 4 is 39.6 Å². The van der Waals surface area contributed by atoms with Gasteiger partial charge in [0.15, 0.2) is 0 Å². The molecule has 0 atom stereocenters. The van der Waals surface area contributed by atoms with Crippen LogP contribution in [0.1, 0.15) is 11.3 Å². The van der Waals surface area contributed by atoms with Crippen LogP contribution >= 0.6 is 22.9 Å². The fourth-order valence-electron chi connectivity index (χ4n) is 3.90. The van der Waals surface area contributed by atoms with Gasteiger partial charge in [0.05, 0.1) is 16.4 Å². The second-order valence-corrected chi connectivity index (χ2v) is 9.73. The highest BCUT2D eigenvalue weighted by Crippen LogP contribution is 2.25. The van der Waals surface area contributed by atoms with Crippen LogP contribution in [0, 0.1) is 12.7 Å². The Hall–Kier alpha value is -3.34. The monoisotopic (exact) mass is 512 g/mol. The van der Waals surface area contributed by atoms with E-state index in [1.807, 2.05) is 19.1 Å². The van der Waals surface area contributed by atoms with Gasteiger partial charge in [0, 0.05) is 44.4 Å². The number of piperazine rings is 1. The van der Waals surface area contributed by atoms with Gasteiger partial charge in [-0.3, -0.25) is 9.69 Å². The van der Waals surface area contributed by atoms with Crippen LogP contribution in [-0.4, -0.2) is 56.6 Å². The first kappa shape index (κ1) is 23.4. The minimum absolute atomic E-state index is 0.189. The number of amides is 2. The van der Waals surface area contributed by atoms with Crippen molar-refractivity contribution in [3.8, 4) is 10.6 Å². The smallest absolute Gasteiger partial charge is 0.321 e. The van der Waals surface area contributed by atoms with Crippen molar-refractivity contribution in [2.75, 3.05) is 31.5 Å². The molecule has 0 radical (unpaired) electrons. The normalized spacial score (nSPS) is 14.4. The van der Waals surface area contributed by atoms with Gasteiger partial charge >= 0.3 is 6.03 Å². The number of fused-ring (bicyclic) bond motifs is 1. The number of aryl methyl sites for hydroxylation is 1. The van der Waals surface area contributed by atoms with Crippen LogP contribution in [0.25, 0.3) is 15.5 Å². The minimum Gasteiger partial charge on any atom is -0.322 e. The lowest BCUT2D eigenvalue weighted by molar-refractivity contribution is 0.142. The summed E-state index contributed by atoms with van der Waals surface area (Å²) in [5.41, 5.74) is 2.73. The molecular formula is C24H22ClFN6O2S. The first-order valence-electron chi connectivity index (χ1n) is 11.1. The number of halogens is 2. The second-order valence-electron chi connectivity index (χ2n) is 8.37. The molecule has 0 saturated carbocycles. The fraction of sp³-hybridized carbons (Fsp3) is 0.250. The maximum absolute atomic E-state index is 13.2. The predicted octanol–water partition coefficient (Wildman–Crippen LogP) is 4.27. The summed E-state index contributed by atoms with van der Waals surface area (Å²) in [5, 5.41) is 8.32. The average molecular weight is 513 g/mol. The molecule has 2 amide bonds. The molecule has 1 aliphatic rings. The number of carbonyl (C=O) groups is 1. The summed E-state index contributed by atoms with van der Waals surface area (Å²) in [6, 6.07) is 12.8. The fourth-order valence-corrected chi connectivity index (χ4v) is 5.11. The lowest BCUT2D eigenvalue weighted by atomic mass is 10.2. The number of aromatic nitrogens is 3. The van der Waals surface area contributed by atoms with E-state index in [0.29, 0.717) is 59.1 Å². The van der Waals surface area contributed by atoms with Crippen LogP contribution in [0.15, 0.2) is 53.3 Å². The number of benzene rings is 2. The molecule has 180 valence electrons. The van der Waals surface area contributed by atoms with E-state index in [1.165, 1.54) is 34.1 Å². The molecule has 11 heteroatoms. The van der Waals surface area contributed by atoms with Crippen LogP contribution in [0.4, 0.5) is 14.9 Å². The van der Waals surface area contributed by atoms with Gasteiger partial charge in [-0.2, -0.15) is 9.61 Å². The van der Waals surface area contributed by atoms with Crippen molar-refractivity contribution < 1.29 is 9.18 Å². The largest absolute Gasteiger partial charge is 0.322 e. The zero-order valence-electron chi connectivity index (χ0n) is 18.9. The number of urea groups is 1. The molecule has 0 unspecified atom stereocenters. The number of nitrogens with zero attached hydrogens (tertiary/aromatic N) is 5. The Morgan fingerprint density at radius 3 is 2.57 bits per heavy atom. The number of hydrogen-bond donors (Lipinski definition) is 1. The Bertz CT molecular complexity index is 1450. The summed E-state index contributed by atoms with van der Waals surface area (Å²) >= 11 is 7.51. The lowest BCUT2D eigenvalue weighted by Crippen LogP contribution is -2.49. The summed E-state index contributed by atoms with van der Waals surface area (Å²) in [5.74, 6) is -0.330. The molecule has 1 aliphatic heterocycles. The molecule has 0 bridgehead atoms. The SMILES string of the molecule is Cc1ccc(NC(=O)N2CCN(Cc3cc(=O)n4nc(-c5ccc(F)cc5)sc4n3)CC2)c(Cl)c1. The van der Waals surface area contributed by atoms with E-state index in [1.54, 1.807) is 23.1 Å². The zero-order chi connectivity index (χ0) is 24.5. The van der Waals surface area contributed by atoms with E-state index in [2.05, 4.69) is 20.3 Å². The molecule has 1 fully saturated rings. The van der Waals surface area contributed by atoms with Gasteiger partial charge in [0.25, 0.3) is 5.56 Å². The van der Waals surface area contributed by atoms with Gasteiger partial charge in [-0.15, -0.1) is 0 Å². The van der Waals surface area contributed by atoms with Crippen molar-refractivity contribution in [2.24, 2.45) is 0 Å². The van der Waals surface area contributed by atoms with E-state index < -0.39 is 0 Å². The van der Waals surface area contributed by atoms with Gasteiger partial charge in [-0.25, -0.2) is 14.2 Å². The van der Waals surface area contributed by atoms with Gasteiger partial charge < -0.3 is 10.2 Å². The summed E-state index contributed by atoms with van der Waals surface area (Å²) in [7, 11) is 0. The van der Waals surface area contributed by atoms with Crippen LogP contribution in [0.3, 0.4) is 0 Å². The molecule has 1 N–H and O–H groups in total. The molecule has 2 aromatic carbocycles. The predicted molar refractivity (Wildman–Crippen MR) is 135 cm³/mol. The summed E-state index contributed by atoms with van der Waals surface area (Å²) in [6.07, 6.45) is 0. The molecule has 0 aliphatic carbocycles. The number of rotatable bonds is 4. The molecule has 2 aromatic heterocycles. The summed E-state index contributed by atoms with van der Waals surface area (Å²) in [6.45, 7) is 4.84. The maximum Gasteiger partial charge on any atom is 0.321 e. The molecule has 5 rings (SSSR count). The van der Waals surface area contributed by atoms with Gasteiger partial charge in [0.2, 0.25) is 4.96 Å². The third kappa shape index (κ3) is 5.19. The highest BCUT2D eigenvalue weighted by atomic mass is 35.5. The Morgan fingerprint density at radius 2 is 1.86 bits per heavy atom. The zero-order valence-corrected chi connectivity index (χ0v) is 20.4. The van der Waals surface area contributed by atoms with E-state index in [-0.39, 0.29) is 17.4 Å². The van der Waals surface area contributed by atoms with Crippen molar-refractivity contribution in [1.29, 1.82) is 0 Å². The number of anilines is 1. The number of hydrogen-bond acceptors (Lipinski definition) is 6. The van der Waals surface area contributed by atoms with E-state index >= 15 is 0 Å². The quantitative estimate of drug-likeness (QED) is 0.441. The summed E-state index contributed by atoms with van der Waals surface area (Å²) < 4.78 is 14.5. The standard InChI is InChI=1S/C24H22ClFN6O2S/c1-15-2-7-20(19(25)12-15)28-23(34)31-10-8-30(9-11-31)14-18-13-21(33)32-24(27-18)35-22(29-32)16-3-5-17(26)6-4-16/h2-7,12-13H,8-11,14H2,1H3,(H,28,34). The Kier molecular flexibility index (Phi) is 6.50. The average Bonchev–Trinajstić information content (AvgIpc) is 3.26. The van der Waals surface area contributed by atoms with Crippen LogP contribution in [0.2, 0.25) is 5.02 Å². The highest BCUT2D eigenvalue weighted by Gasteiger charge is 2.22. The van der Waals surface area contributed by atoms with Crippen molar-refractivity contribution in [3.63, 3.8) is 0 Å². The number of nitrogens with one attached hydrogen (secondary N) is 1. The highest BCUT2D eigenvalue weighted by molar-refractivity contribution is 7.19. The lowest BCUT2D eigenvalue weighted by Gasteiger charge is -2.34. The van der Waals surface area contributed by atoms with Crippen molar-refractivity contribution in [1.82, 2.24) is 24.4 Å². The van der Waals surface area contributed by atoms with Gasteiger partial charge in [0.1, 0.15) is 10.8 Å². The van der Waals surface area contributed by atoms with E-state index in [9.17, 15) is 14.0 Å². The molecule has 1 saturated heterocycles. The van der Waals surface area contributed by atoms with Gasteiger partial charge in [-0.05, 0) is 48.9 Å². The van der Waals surface area contributed by atoms with Crippen molar-refractivity contribution in [3.05, 3.63) is 81.0 Å². The van der Waals surface area contributed by atoms with Crippen LogP contribution < -0.4 is 10.9 Å². The maximum atomic E-state index is 13.2. The first-order chi connectivity index (χ1) is 16.9. The Balaban J connectivity index is 1.23. The van der Waals surface area contributed by atoms with E-state index in [4.69, 9.17) is 11.6 Å². The molecule has 0 spiro atoms. The van der Waals surface area contributed by atoms with E-state index in [0.717, 1.165) is 11.1 Å².